The van der Waals surface area contributed by atoms with Crippen LogP contribution in [0, 0.1) is 23.2 Å². The summed E-state index contributed by atoms with van der Waals surface area (Å²) in [4.78, 5) is 30.5. The minimum absolute atomic E-state index is 0.0991. The zero-order valence-corrected chi connectivity index (χ0v) is 18.1. The SMILES string of the molecule is NC(=O)C12CC3CC1CC(C2)C3c1sc2c(c1C(=O)N1CCC(O)CC1)CCOC2. The summed E-state index contributed by atoms with van der Waals surface area (Å²) in [5.74, 6) is 1.80. The maximum Gasteiger partial charge on any atom is 0.255 e. The van der Waals surface area contributed by atoms with Crippen molar-refractivity contribution in [3.05, 3.63) is 20.9 Å². The van der Waals surface area contributed by atoms with Crippen LogP contribution in [0.5, 0.6) is 0 Å². The molecule has 2 aliphatic heterocycles. The largest absolute Gasteiger partial charge is 0.393 e. The predicted octanol–water partition coefficient (Wildman–Crippen LogP) is 2.42. The molecule has 7 heteroatoms. The van der Waals surface area contributed by atoms with Crippen molar-refractivity contribution < 1.29 is 19.4 Å². The smallest absolute Gasteiger partial charge is 0.255 e. The van der Waals surface area contributed by atoms with E-state index in [1.807, 2.05) is 4.90 Å². The van der Waals surface area contributed by atoms with Crippen molar-refractivity contribution in [2.24, 2.45) is 28.9 Å². The van der Waals surface area contributed by atoms with Crippen molar-refractivity contribution >= 4 is 23.2 Å². The zero-order chi connectivity index (χ0) is 20.6. The van der Waals surface area contributed by atoms with Crippen LogP contribution in [0.25, 0.3) is 0 Å². The number of hydrogen-bond donors (Lipinski definition) is 2. The molecule has 3 N–H and O–H groups in total. The maximum atomic E-state index is 13.7. The third-order valence-corrected chi connectivity index (χ3v) is 10.1. The van der Waals surface area contributed by atoms with E-state index in [9.17, 15) is 14.7 Å². The second-order valence-electron chi connectivity index (χ2n) is 10.2. The molecule has 162 valence electrons. The topological polar surface area (TPSA) is 92.9 Å². The Bertz CT molecular complexity index is 887. The van der Waals surface area contributed by atoms with Crippen LogP contribution in [0.15, 0.2) is 0 Å². The highest BCUT2D eigenvalue weighted by molar-refractivity contribution is 7.12. The number of carbonyl (C=O) groups is 2. The van der Waals surface area contributed by atoms with E-state index in [0.717, 1.165) is 37.7 Å². The van der Waals surface area contributed by atoms with Crippen LogP contribution in [0.1, 0.15) is 70.1 Å². The standard InChI is InChI=1S/C23H30N2O4S/c24-22(28)23-9-12-7-14(23)8-13(10-23)18(12)20-19(16-3-6-29-11-17(16)30-20)21(27)25-4-1-15(26)2-5-25/h12-15,18,26H,1-11H2,(H2,24,28). The van der Waals surface area contributed by atoms with Gasteiger partial charge in [-0.15, -0.1) is 11.3 Å². The number of aliphatic hydroxyl groups is 1. The number of nitrogens with zero attached hydrogens (tertiary/aromatic N) is 1. The van der Waals surface area contributed by atoms with Gasteiger partial charge in [-0.2, -0.15) is 0 Å². The average Bonchev–Trinajstić information content (AvgIpc) is 3.34. The summed E-state index contributed by atoms with van der Waals surface area (Å²) in [6, 6.07) is 0. The van der Waals surface area contributed by atoms with Crippen LogP contribution >= 0.6 is 11.3 Å². The number of piperidine rings is 1. The van der Waals surface area contributed by atoms with E-state index in [2.05, 4.69) is 0 Å². The molecule has 30 heavy (non-hydrogen) atoms. The number of primary amides is 1. The Morgan fingerprint density at radius 2 is 1.87 bits per heavy atom. The fourth-order valence-electron chi connectivity index (χ4n) is 7.51. The number of thiophene rings is 1. The number of nitrogens with two attached hydrogens (primary N) is 1. The molecular formula is C23H30N2O4S. The molecule has 4 saturated carbocycles. The number of ether oxygens (including phenoxy) is 1. The highest BCUT2D eigenvalue weighted by atomic mass is 32.1. The van der Waals surface area contributed by atoms with Crippen LogP contribution in [-0.4, -0.2) is 47.6 Å². The number of carbonyl (C=O) groups excluding carboxylic acids is 2. The van der Waals surface area contributed by atoms with Crippen molar-refractivity contribution in [3.8, 4) is 0 Å². The minimum Gasteiger partial charge on any atom is -0.393 e. The highest BCUT2D eigenvalue weighted by Gasteiger charge is 2.65. The van der Waals surface area contributed by atoms with Gasteiger partial charge < -0.3 is 20.5 Å². The monoisotopic (exact) mass is 430 g/mol. The normalized spacial score (nSPS) is 37.6. The van der Waals surface area contributed by atoms with Crippen molar-refractivity contribution in [2.75, 3.05) is 19.7 Å². The molecular weight excluding hydrogens is 400 g/mol. The third kappa shape index (κ3) is 2.61. The molecule has 2 atom stereocenters. The molecule has 0 aromatic carbocycles. The average molecular weight is 431 g/mol. The molecule has 3 heterocycles. The minimum atomic E-state index is -0.288. The molecule has 4 aliphatic carbocycles. The maximum absolute atomic E-state index is 13.7. The van der Waals surface area contributed by atoms with Gasteiger partial charge in [0.15, 0.2) is 0 Å². The summed E-state index contributed by atoms with van der Waals surface area (Å²) in [6.45, 7) is 2.54. The van der Waals surface area contributed by atoms with E-state index in [4.69, 9.17) is 10.5 Å². The van der Waals surface area contributed by atoms with Crippen molar-refractivity contribution in [1.82, 2.24) is 4.90 Å². The van der Waals surface area contributed by atoms with E-state index in [1.54, 1.807) is 11.3 Å². The van der Waals surface area contributed by atoms with Crippen LogP contribution in [0.2, 0.25) is 0 Å². The Labute approximate surface area is 180 Å². The first kappa shape index (κ1) is 19.3. The number of fused-ring (bicyclic) bond motifs is 1. The van der Waals surface area contributed by atoms with Gasteiger partial charge in [-0.1, -0.05) is 0 Å². The fourth-order valence-corrected chi connectivity index (χ4v) is 9.08. The lowest BCUT2D eigenvalue weighted by atomic mass is 9.67. The molecule has 0 spiro atoms. The second-order valence-corrected chi connectivity index (χ2v) is 11.3. The molecule has 1 saturated heterocycles. The fraction of sp³-hybridized carbons (Fsp3) is 0.739. The number of likely N-dealkylation sites (tertiary alicyclic amines) is 1. The number of hydrogen-bond acceptors (Lipinski definition) is 5. The van der Waals surface area contributed by atoms with Gasteiger partial charge in [-0.25, -0.2) is 0 Å². The molecule has 1 aromatic heterocycles. The molecule has 5 fully saturated rings. The summed E-state index contributed by atoms with van der Waals surface area (Å²) in [6.07, 6.45) is 5.79. The van der Waals surface area contributed by atoms with Crippen LogP contribution < -0.4 is 5.73 Å². The lowest BCUT2D eigenvalue weighted by molar-refractivity contribution is -0.129. The second kappa shape index (κ2) is 6.78. The Morgan fingerprint density at radius 3 is 2.50 bits per heavy atom. The molecule has 2 unspecified atom stereocenters. The van der Waals surface area contributed by atoms with E-state index in [0.29, 0.717) is 62.8 Å². The van der Waals surface area contributed by atoms with Gasteiger partial charge in [0.2, 0.25) is 5.91 Å². The van der Waals surface area contributed by atoms with Gasteiger partial charge in [-0.3, -0.25) is 9.59 Å². The number of aliphatic hydroxyl groups excluding tert-OH is 1. The van der Waals surface area contributed by atoms with E-state index < -0.39 is 0 Å². The molecule has 0 radical (unpaired) electrons. The predicted molar refractivity (Wildman–Crippen MR) is 112 cm³/mol. The van der Waals surface area contributed by atoms with Gasteiger partial charge in [-0.05, 0) is 74.2 Å². The third-order valence-electron chi connectivity index (χ3n) is 8.83. The van der Waals surface area contributed by atoms with Gasteiger partial charge >= 0.3 is 0 Å². The van der Waals surface area contributed by atoms with E-state index in [1.165, 1.54) is 15.3 Å². The molecule has 7 rings (SSSR count). The van der Waals surface area contributed by atoms with E-state index >= 15 is 0 Å². The Kier molecular flexibility index (Phi) is 4.35. The molecule has 1 aromatic rings. The van der Waals surface area contributed by atoms with Crippen LogP contribution in [-0.2, 0) is 22.6 Å². The quantitative estimate of drug-likeness (QED) is 0.770. The summed E-state index contributed by atoms with van der Waals surface area (Å²) in [5, 5.41) is 9.88. The Morgan fingerprint density at radius 1 is 1.17 bits per heavy atom. The first-order valence-corrected chi connectivity index (χ1v) is 12.3. The van der Waals surface area contributed by atoms with Crippen molar-refractivity contribution in [2.45, 2.75) is 63.6 Å². The first-order valence-electron chi connectivity index (χ1n) is 11.5. The van der Waals surface area contributed by atoms with Gasteiger partial charge in [0.1, 0.15) is 0 Å². The summed E-state index contributed by atoms with van der Waals surface area (Å²) in [7, 11) is 0. The molecule has 2 amide bonds. The molecule has 6 aliphatic rings. The Hall–Kier alpha value is -1.44. The summed E-state index contributed by atoms with van der Waals surface area (Å²) < 4.78 is 5.73. The van der Waals surface area contributed by atoms with Gasteiger partial charge in [0.05, 0.1) is 30.3 Å². The van der Waals surface area contributed by atoms with E-state index in [-0.39, 0.29) is 23.3 Å². The Balaban J connectivity index is 1.38. The zero-order valence-electron chi connectivity index (χ0n) is 17.3. The van der Waals surface area contributed by atoms with Crippen molar-refractivity contribution in [1.29, 1.82) is 0 Å². The number of rotatable bonds is 3. The van der Waals surface area contributed by atoms with Crippen molar-refractivity contribution in [3.63, 3.8) is 0 Å². The lowest BCUT2D eigenvalue weighted by Crippen LogP contribution is -2.41. The van der Waals surface area contributed by atoms with Crippen LogP contribution in [0.3, 0.4) is 0 Å². The van der Waals surface area contributed by atoms with Crippen LogP contribution in [0.4, 0.5) is 0 Å². The molecule has 4 bridgehead atoms. The molecule has 6 nitrogen and oxygen atoms in total. The first-order chi connectivity index (χ1) is 14.5. The number of amides is 2. The summed E-state index contributed by atoms with van der Waals surface area (Å²) in [5.41, 5.74) is 7.75. The van der Waals surface area contributed by atoms with Gasteiger partial charge in [0.25, 0.3) is 5.91 Å². The highest BCUT2D eigenvalue weighted by Crippen LogP contribution is 2.70. The van der Waals surface area contributed by atoms with Gasteiger partial charge in [0, 0.05) is 22.8 Å². The lowest BCUT2D eigenvalue weighted by Gasteiger charge is -2.38. The summed E-state index contributed by atoms with van der Waals surface area (Å²) >= 11 is 1.80.